The Kier molecular flexibility index (Phi) is 5.45. The molecule has 2 aromatic rings. The summed E-state index contributed by atoms with van der Waals surface area (Å²) in [4.78, 5) is 24.0. The maximum absolute atomic E-state index is 12.7. The van der Waals surface area contributed by atoms with Crippen LogP contribution in [0.25, 0.3) is 10.9 Å². The van der Waals surface area contributed by atoms with Crippen LogP contribution in [0.4, 0.5) is 4.79 Å². The second-order valence-corrected chi connectivity index (χ2v) is 7.03. The van der Waals surface area contributed by atoms with Gasteiger partial charge in [0.1, 0.15) is 0 Å². The van der Waals surface area contributed by atoms with Crippen LogP contribution < -0.4 is 16.2 Å². The van der Waals surface area contributed by atoms with Crippen molar-refractivity contribution in [3.63, 3.8) is 0 Å². The second kappa shape index (κ2) is 7.75. The van der Waals surface area contributed by atoms with Gasteiger partial charge in [-0.05, 0) is 36.8 Å². The molecular formula is C18H23N3O2S. The monoisotopic (exact) mass is 345 g/mol. The van der Waals surface area contributed by atoms with Crippen molar-refractivity contribution in [2.24, 2.45) is 0 Å². The van der Waals surface area contributed by atoms with E-state index in [0.29, 0.717) is 18.8 Å². The third kappa shape index (κ3) is 3.59. The van der Waals surface area contributed by atoms with E-state index >= 15 is 0 Å². The molecule has 0 fully saturated rings. The van der Waals surface area contributed by atoms with Gasteiger partial charge in [-0.2, -0.15) is 11.8 Å². The van der Waals surface area contributed by atoms with Gasteiger partial charge >= 0.3 is 6.03 Å². The molecule has 2 heterocycles. The van der Waals surface area contributed by atoms with Crippen LogP contribution in [0, 0.1) is 0 Å². The normalized spacial score (nSPS) is 13.0. The van der Waals surface area contributed by atoms with Gasteiger partial charge in [-0.15, -0.1) is 0 Å². The average Bonchev–Trinajstić information content (AvgIpc) is 2.59. The lowest BCUT2D eigenvalue weighted by Crippen LogP contribution is -2.36. The maximum atomic E-state index is 12.7. The SMILES string of the molecule is CCNC(=O)NCCSCc1cc2cccc3c2n(c1=O)CCC3. The summed E-state index contributed by atoms with van der Waals surface area (Å²) >= 11 is 1.67. The van der Waals surface area contributed by atoms with Crippen molar-refractivity contribution < 1.29 is 4.79 Å². The molecule has 6 heteroatoms. The fourth-order valence-electron chi connectivity index (χ4n) is 3.17. The van der Waals surface area contributed by atoms with E-state index in [1.807, 2.05) is 17.6 Å². The number of thioether (sulfide) groups is 1. The number of nitrogens with zero attached hydrogens (tertiary/aromatic N) is 1. The first-order chi connectivity index (χ1) is 11.7. The first-order valence-electron chi connectivity index (χ1n) is 8.44. The average molecular weight is 345 g/mol. The van der Waals surface area contributed by atoms with Crippen LogP contribution in [0.5, 0.6) is 0 Å². The summed E-state index contributed by atoms with van der Waals surface area (Å²) in [6.07, 6.45) is 2.08. The van der Waals surface area contributed by atoms with E-state index in [4.69, 9.17) is 0 Å². The molecule has 0 saturated carbocycles. The van der Waals surface area contributed by atoms with Crippen LogP contribution in [0.1, 0.15) is 24.5 Å². The van der Waals surface area contributed by atoms with Gasteiger partial charge in [-0.3, -0.25) is 4.79 Å². The summed E-state index contributed by atoms with van der Waals surface area (Å²) in [7, 11) is 0. The van der Waals surface area contributed by atoms with E-state index in [2.05, 4.69) is 28.8 Å². The zero-order valence-electron chi connectivity index (χ0n) is 13.9. The number of aryl methyl sites for hydroxylation is 2. The molecule has 0 radical (unpaired) electrons. The number of nitrogens with one attached hydrogen (secondary N) is 2. The summed E-state index contributed by atoms with van der Waals surface area (Å²) < 4.78 is 1.94. The van der Waals surface area contributed by atoms with Gasteiger partial charge in [0.15, 0.2) is 0 Å². The fraction of sp³-hybridized carbons (Fsp3) is 0.444. The van der Waals surface area contributed by atoms with E-state index in [1.165, 1.54) is 5.56 Å². The van der Waals surface area contributed by atoms with Crippen LogP contribution >= 0.6 is 11.8 Å². The molecule has 24 heavy (non-hydrogen) atoms. The number of amides is 2. The number of aromatic nitrogens is 1. The Labute approximate surface area is 145 Å². The van der Waals surface area contributed by atoms with Crippen LogP contribution in [-0.2, 0) is 18.7 Å². The number of carbonyl (C=O) groups is 1. The van der Waals surface area contributed by atoms with Crippen molar-refractivity contribution in [3.05, 3.63) is 45.7 Å². The Morgan fingerprint density at radius 2 is 2.21 bits per heavy atom. The van der Waals surface area contributed by atoms with Gasteiger partial charge in [0.25, 0.3) is 5.56 Å². The highest BCUT2D eigenvalue weighted by Crippen LogP contribution is 2.24. The minimum atomic E-state index is -0.138. The van der Waals surface area contributed by atoms with Crippen molar-refractivity contribution in [2.75, 3.05) is 18.8 Å². The smallest absolute Gasteiger partial charge is 0.314 e. The van der Waals surface area contributed by atoms with Crippen LogP contribution in [0.3, 0.4) is 0 Å². The lowest BCUT2D eigenvalue weighted by Gasteiger charge is -2.20. The van der Waals surface area contributed by atoms with E-state index in [1.54, 1.807) is 11.8 Å². The Morgan fingerprint density at radius 1 is 1.33 bits per heavy atom. The summed E-state index contributed by atoms with van der Waals surface area (Å²) in [6.45, 7) is 3.92. The molecule has 0 bridgehead atoms. The standard InChI is InChI=1S/C18H23N3O2S/c1-2-19-18(23)20-8-10-24-12-15-11-14-6-3-5-13-7-4-9-21(16(13)14)17(15)22/h3,5-6,11H,2,4,7-10,12H2,1H3,(H2,19,20,23). The first-order valence-corrected chi connectivity index (χ1v) is 9.60. The number of hydrogen-bond acceptors (Lipinski definition) is 3. The number of benzene rings is 1. The molecule has 1 aliphatic heterocycles. The van der Waals surface area contributed by atoms with Gasteiger partial charge in [0, 0.05) is 36.7 Å². The molecule has 1 aromatic carbocycles. The minimum Gasteiger partial charge on any atom is -0.338 e. The van der Waals surface area contributed by atoms with Gasteiger partial charge in [-0.1, -0.05) is 18.2 Å². The molecule has 1 aliphatic rings. The molecule has 1 aromatic heterocycles. The van der Waals surface area contributed by atoms with Crippen LogP contribution in [0.15, 0.2) is 29.1 Å². The molecule has 2 amide bonds. The number of hydrogen-bond donors (Lipinski definition) is 2. The molecule has 0 spiro atoms. The quantitative estimate of drug-likeness (QED) is 0.791. The van der Waals surface area contributed by atoms with E-state index in [-0.39, 0.29) is 11.6 Å². The molecule has 2 N–H and O–H groups in total. The zero-order valence-corrected chi connectivity index (χ0v) is 14.7. The predicted octanol–water partition coefficient (Wildman–Crippen LogP) is 2.50. The molecule has 0 unspecified atom stereocenters. The summed E-state index contributed by atoms with van der Waals surface area (Å²) in [5, 5.41) is 6.65. The molecule has 3 rings (SSSR count). The maximum Gasteiger partial charge on any atom is 0.314 e. The van der Waals surface area contributed by atoms with E-state index in [9.17, 15) is 9.59 Å². The zero-order chi connectivity index (χ0) is 16.9. The van der Waals surface area contributed by atoms with E-state index < -0.39 is 0 Å². The van der Waals surface area contributed by atoms with E-state index in [0.717, 1.165) is 41.6 Å². The van der Waals surface area contributed by atoms with Gasteiger partial charge in [0.05, 0.1) is 5.52 Å². The Balaban J connectivity index is 1.67. The van der Waals surface area contributed by atoms with Crippen LogP contribution in [0.2, 0.25) is 0 Å². The number of para-hydroxylation sites is 1. The summed E-state index contributed by atoms with van der Waals surface area (Å²) in [5.41, 5.74) is 3.38. The Hall–Kier alpha value is -1.95. The summed E-state index contributed by atoms with van der Waals surface area (Å²) in [5.74, 6) is 1.46. The lowest BCUT2D eigenvalue weighted by molar-refractivity contribution is 0.242. The highest BCUT2D eigenvalue weighted by molar-refractivity contribution is 7.98. The largest absolute Gasteiger partial charge is 0.338 e. The second-order valence-electron chi connectivity index (χ2n) is 5.92. The number of carbonyl (C=O) groups excluding carboxylic acids is 1. The third-order valence-electron chi connectivity index (χ3n) is 4.22. The van der Waals surface area contributed by atoms with Crippen molar-refractivity contribution >= 4 is 28.7 Å². The Bertz CT molecular complexity index is 801. The molecule has 0 atom stereocenters. The van der Waals surface area contributed by atoms with Crippen LogP contribution in [-0.4, -0.2) is 29.4 Å². The molecular weight excluding hydrogens is 322 g/mol. The fourth-order valence-corrected chi connectivity index (χ4v) is 3.99. The third-order valence-corrected chi connectivity index (χ3v) is 5.23. The Morgan fingerprint density at radius 3 is 3.04 bits per heavy atom. The van der Waals surface area contributed by atoms with Gasteiger partial charge in [0.2, 0.25) is 0 Å². The minimum absolute atomic E-state index is 0.138. The molecule has 5 nitrogen and oxygen atoms in total. The first kappa shape index (κ1) is 16.9. The number of pyridine rings is 1. The summed E-state index contributed by atoms with van der Waals surface area (Å²) in [6, 6.07) is 8.18. The van der Waals surface area contributed by atoms with Gasteiger partial charge in [-0.25, -0.2) is 4.79 Å². The van der Waals surface area contributed by atoms with Crippen molar-refractivity contribution in [1.82, 2.24) is 15.2 Å². The van der Waals surface area contributed by atoms with Crippen molar-refractivity contribution in [3.8, 4) is 0 Å². The molecule has 0 aliphatic carbocycles. The molecule has 0 saturated heterocycles. The number of rotatable bonds is 6. The highest BCUT2D eigenvalue weighted by Gasteiger charge is 2.15. The van der Waals surface area contributed by atoms with Gasteiger partial charge < -0.3 is 15.2 Å². The lowest BCUT2D eigenvalue weighted by atomic mass is 10.0. The predicted molar refractivity (Wildman–Crippen MR) is 99.8 cm³/mol. The highest BCUT2D eigenvalue weighted by atomic mass is 32.2. The molecule has 128 valence electrons. The number of urea groups is 1. The van der Waals surface area contributed by atoms with Crippen molar-refractivity contribution in [1.29, 1.82) is 0 Å². The van der Waals surface area contributed by atoms with Crippen molar-refractivity contribution in [2.45, 2.75) is 32.1 Å². The topological polar surface area (TPSA) is 63.1 Å².